The molecule has 34 heavy (non-hydrogen) atoms. The molecule has 0 saturated carbocycles. The molecule has 10 nitrogen and oxygen atoms in total. The zero-order chi connectivity index (χ0) is 25.0. The molecule has 0 aliphatic heterocycles. The maximum Gasteiger partial charge on any atom is 0.422 e. The number of benzene rings is 1. The largest absolute Gasteiger partial charge is 0.467 e. The first-order valence-electron chi connectivity index (χ1n) is 9.25. The molecule has 176 valence electrons. The van der Waals surface area contributed by atoms with Crippen molar-refractivity contribution in [1.82, 2.24) is 14.8 Å². The number of nitrogens with zero attached hydrogens (tertiary/aromatic N) is 4. The third-order valence-electron chi connectivity index (χ3n) is 4.19. The van der Waals surface area contributed by atoms with Gasteiger partial charge in [0.2, 0.25) is 5.88 Å². The Balaban J connectivity index is 2.05. The van der Waals surface area contributed by atoms with Gasteiger partial charge in [-0.3, -0.25) is 10.1 Å². The summed E-state index contributed by atoms with van der Waals surface area (Å²) in [5.41, 5.74) is 0.0961. The van der Waals surface area contributed by atoms with Gasteiger partial charge in [0.25, 0.3) is 5.91 Å². The Kier molecular flexibility index (Phi) is 6.92. The number of alkyl halides is 3. The minimum absolute atomic E-state index is 0.0176. The quantitative estimate of drug-likeness (QED) is 0.461. The summed E-state index contributed by atoms with van der Waals surface area (Å²) >= 11 is 6.11. The molecular formula is C20H14ClF3N6O4. The molecule has 0 saturated heterocycles. The van der Waals surface area contributed by atoms with Crippen LogP contribution >= 0.6 is 11.6 Å². The number of ether oxygens (including phenoxy) is 1. The van der Waals surface area contributed by atoms with Crippen molar-refractivity contribution in [2.24, 2.45) is 0 Å². The van der Waals surface area contributed by atoms with E-state index in [4.69, 9.17) is 22.0 Å². The van der Waals surface area contributed by atoms with Gasteiger partial charge < -0.3 is 15.2 Å². The number of nitrogens with one attached hydrogen (secondary N) is 2. The molecule has 1 aromatic carbocycles. The van der Waals surface area contributed by atoms with Crippen LogP contribution in [0.25, 0.3) is 5.82 Å². The topological polar surface area (TPSA) is 142 Å². The predicted octanol–water partition coefficient (Wildman–Crippen LogP) is 4.38. The Morgan fingerprint density at radius 3 is 2.65 bits per heavy atom. The molecule has 14 heteroatoms. The second kappa shape index (κ2) is 9.67. The van der Waals surface area contributed by atoms with Gasteiger partial charge in [0.1, 0.15) is 5.69 Å². The van der Waals surface area contributed by atoms with Crippen LogP contribution in [0.1, 0.15) is 21.6 Å². The maximum atomic E-state index is 13.1. The van der Waals surface area contributed by atoms with E-state index < -0.39 is 30.7 Å². The summed E-state index contributed by atoms with van der Waals surface area (Å²) in [6.45, 7) is -0.128. The number of hydrogen-bond acceptors (Lipinski definition) is 6. The fourth-order valence-corrected chi connectivity index (χ4v) is 3.05. The molecule has 2 heterocycles. The molecular weight excluding hydrogens is 481 g/mol. The fraction of sp³-hybridized carbons (Fsp3) is 0.150. The molecule has 0 aliphatic carbocycles. The minimum atomic E-state index is -4.65. The highest BCUT2D eigenvalue weighted by molar-refractivity contribution is 6.32. The highest BCUT2D eigenvalue weighted by atomic mass is 35.5. The molecule has 0 fully saturated rings. The van der Waals surface area contributed by atoms with Crippen LogP contribution in [0.2, 0.25) is 5.02 Å². The third kappa shape index (κ3) is 5.73. The average molecular weight is 495 g/mol. The Bertz CT molecular complexity index is 1300. The van der Waals surface area contributed by atoms with Crippen LogP contribution in [-0.4, -0.2) is 44.7 Å². The number of carbonyl (C=O) groups is 2. The van der Waals surface area contributed by atoms with Gasteiger partial charge in [-0.25, -0.2) is 14.5 Å². The number of amides is 2. The van der Waals surface area contributed by atoms with Gasteiger partial charge in [0.05, 0.1) is 28.0 Å². The van der Waals surface area contributed by atoms with E-state index in [1.165, 1.54) is 37.4 Å². The lowest BCUT2D eigenvalue weighted by Crippen LogP contribution is -2.20. The number of carbonyl (C=O) groups excluding carboxylic acids is 1. The first-order valence-corrected chi connectivity index (χ1v) is 9.63. The van der Waals surface area contributed by atoms with Crippen molar-refractivity contribution in [3.8, 4) is 17.8 Å². The molecule has 2 aromatic heterocycles. The normalized spacial score (nSPS) is 10.9. The molecule has 0 radical (unpaired) electrons. The second-order valence-electron chi connectivity index (χ2n) is 6.70. The Hall–Kier alpha value is -4.31. The molecule has 0 atom stereocenters. The predicted molar refractivity (Wildman–Crippen MR) is 113 cm³/mol. The van der Waals surface area contributed by atoms with Crippen LogP contribution < -0.4 is 15.4 Å². The van der Waals surface area contributed by atoms with Gasteiger partial charge >= 0.3 is 12.3 Å². The van der Waals surface area contributed by atoms with Gasteiger partial charge in [-0.15, -0.1) is 5.10 Å². The standard InChI is InChI=1S/C20H14ClF3N6O4/c1-10-5-11(8-25)6-13(27-19(32)33)16(10)28-18(31)14-7-15(34-9-20(22,23)24)29-30(14)17-12(21)3-2-4-26-17/h2-7,27H,9H2,1H3,(H,28,31)(H,32,33). The SMILES string of the molecule is Cc1cc(C#N)cc(NC(=O)O)c1NC(=O)c1cc(OCC(F)(F)F)nn1-c1ncccc1Cl. The van der Waals surface area contributed by atoms with Crippen molar-refractivity contribution < 1.29 is 32.6 Å². The van der Waals surface area contributed by atoms with E-state index in [1.807, 2.05) is 6.07 Å². The number of aryl methyl sites for hydroxylation is 1. The van der Waals surface area contributed by atoms with E-state index in [-0.39, 0.29) is 33.5 Å². The van der Waals surface area contributed by atoms with E-state index >= 15 is 0 Å². The van der Waals surface area contributed by atoms with E-state index in [0.29, 0.717) is 5.56 Å². The number of nitriles is 1. The maximum absolute atomic E-state index is 13.1. The van der Waals surface area contributed by atoms with Crippen LogP contribution in [0.15, 0.2) is 36.5 Å². The second-order valence-corrected chi connectivity index (χ2v) is 7.11. The molecule has 3 aromatic rings. The number of halogens is 4. The molecule has 3 N–H and O–H groups in total. The number of aromatic nitrogens is 3. The monoisotopic (exact) mass is 494 g/mol. The lowest BCUT2D eigenvalue weighted by Gasteiger charge is -2.15. The molecule has 0 bridgehead atoms. The molecule has 0 aliphatic rings. The smallest absolute Gasteiger partial charge is 0.422 e. The minimum Gasteiger partial charge on any atom is -0.467 e. The zero-order valence-corrected chi connectivity index (χ0v) is 17.9. The first-order chi connectivity index (χ1) is 16.0. The molecule has 0 spiro atoms. The summed E-state index contributed by atoms with van der Waals surface area (Å²) < 4.78 is 43.3. The average Bonchev–Trinajstić information content (AvgIpc) is 3.18. The van der Waals surface area contributed by atoms with E-state index in [2.05, 4.69) is 25.5 Å². The van der Waals surface area contributed by atoms with Gasteiger partial charge in [0.15, 0.2) is 12.4 Å². The highest BCUT2D eigenvalue weighted by Crippen LogP contribution is 2.30. The van der Waals surface area contributed by atoms with Crippen LogP contribution in [0.4, 0.5) is 29.3 Å². The third-order valence-corrected chi connectivity index (χ3v) is 4.48. The lowest BCUT2D eigenvalue weighted by molar-refractivity contribution is -0.154. The zero-order valence-electron chi connectivity index (χ0n) is 17.1. The number of pyridine rings is 1. The van der Waals surface area contributed by atoms with Crippen LogP contribution in [0.3, 0.4) is 0 Å². The van der Waals surface area contributed by atoms with E-state index in [0.717, 1.165) is 10.7 Å². The summed E-state index contributed by atoms with van der Waals surface area (Å²) in [6, 6.07) is 8.38. The van der Waals surface area contributed by atoms with E-state index in [1.54, 1.807) is 0 Å². The van der Waals surface area contributed by atoms with Gasteiger partial charge in [-0.1, -0.05) is 11.6 Å². The number of rotatable bonds is 6. The van der Waals surface area contributed by atoms with E-state index in [9.17, 15) is 22.8 Å². The highest BCUT2D eigenvalue weighted by Gasteiger charge is 2.30. The van der Waals surface area contributed by atoms with Crippen LogP contribution in [0, 0.1) is 18.3 Å². The summed E-state index contributed by atoms with van der Waals surface area (Å²) in [6.07, 6.45) is -4.76. The first kappa shape index (κ1) is 24.3. The fourth-order valence-electron chi connectivity index (χ4n) is 2.85. The van der Waals surface area contributed by atoms with Gasteiger partial charge in [-0.05, 0) is 36.8 Å². The van der Waals surface area contributed by atoms with Crippen molar-refractivity contribution in [3.05, 3.63) is 58.4 Å². The van der Waals surface area contributed by atoms with Crippen molar-refractivity contribution in [2.75, 3.05) is 17.2 Å². The van der Waals surface area contributed by atoms with Crippen molar-refractivity contribution in [1.29, 1.82) is 5.26 Å². The Labute approximate surface area is 194 Å². The van der Waals surface area contributed by atoms with Gasteiger partial charge in [-0.2, -0.15) is 18.4 Å². The molecule has 2 amide bonds. The summed E-state index contributed by atoms with van der Waals surface area (Å²) in [7, 11) is 0. The van der Waals surface area contributed by atoms with Crippen molar-refractivity contribution in [2.45, 2.75) is 13.1 Å². The summed E-state index contributed by atoms with van der Waals surface area (Å²) in [5.74, 6) is -1.47. The lowest BCUT2D eigenvalue weighted by atomic mass is 10.1. The summed E-state index contributed by atoms with van der Waals surface area (Å²) in [4.78, 5) is 28.3. The number of carboxylic acid groups (broad SMARTS) is 1. The molecule has 3 rings (SSSR count). The molecule has 0 unspecified atom stereocenters. The number of hydrogen-bond donors (Lipinski definition) is 3. The van der Waals surface area contributed by atoms with Crippen molar-refractivity contribution >= 4 is 35.0 Å². The Morgan fingerprint density at radius 2 is 2.03 bits per heavy atom. The number of anilines is 2. The van der Waals surface area contributed by atoms with Crippen LogP contribution in [-0.2, 0) is 0 Å². The van der Waals surface area contributed by atoms with Gasteiger partial charge in [0, 0.05) is 12.3 Å². The Morgan fingerprint density at radius 1 is 1.29 bits per heavy atom. The van der Waals surface area contributed by atoms with Crippen molar-refractivity contribution in [3.63, 3.8) is 0 Å². The van der Waals surface area contributed by atoms with Crippen LogP contribution in [0.5, 0.6) is 5.88 Å². The summed E-state index contributed by atoms with van der Waals surface area (Å²) in [5, 5.41) is 26.7.